The monoisotopic (exact) mass is 478 g/mol. The number of halogens is 4. The lowest BCUT2D eigenvalue weighted by Crippen LogP contribution is -2.36. The second kappa shape index (κ2) is 7.82. The fraction of sp³-hybridized carbons (Fsp3) is 0.318. The van der Waals surface area contributed by atoms with Gasteiger partial charge in [0.25, 0.3) is 5.91 Å². The molecule has 0 radical (unpaired) electrons. The van der Waals surface area contributed by atoms with Gasteiger partial charge in [-0.15, -0.1) is 0 Å². The number of hydrogen-bond acceptors (Lipinski definition) is 6. The molecule has 0 aliphatic carbocycles. The van der Waals surface area contributed by atoms with Crippen LogP contribution in [0, 0.1) is 0 Å². The van der Waals surface area contributed by atoms with E-state index in [4.69, 9.17) is 26.8 Å². The molecule has 1 atom stereocenters. The van der Waals surface area contributed by atoms with Gasteiger partial charge in [-0.2, -0.15) is 13.2 Å². The number of rotatable bonds is 2. The average Bonchev–Trinajstić information content (AvgIpc) is 3.27. The summed E-state index contributed by atoms with van der Waals surface area (Å²) in [6.45, 7) is 0.818. The minimum atomic E-state index is -4.46. The van der Waals surface area contributed by atoms with Crippen molar-refractivity contribution in [3.8, 4) is 0 Å². The Kier molecular flexibility index (Phi) is 5.19. The van der Waals surface area contributed by atoms with Gasteiger partial charge in [0.2, 0.25) is 0 Å². The van der Waals surface area contributed by atoms with Crippen molar-refractivity contribution in [3.05, 3.63) is 62.8 Å². The summed E-state index contributed by atoms with van der Waals surface area (Å²) in [5.41, 5.74) is 8.23. The number of nitrogens with zero attached hydrogens (tertiary/aromatic N) is 3. The first-order valence-corrected chi connectivity index (χ1v) is 10.4. The number of anilines is 1. The van der Waals surface area contributed by atoms with Crippen molar-refractivity contribution in [1.29, 1.82) is 0 Å². The summed E-state index contributed by atoms with van der Waals surface area (Å²) in [7, 11) is 1.55. The first kappa shape index (κ1) is 21.9. The Morgan fingerprint density at radius 3 is 2.67 bits per heavy atom. The lowest BCUT2D eigenvalue weighted by atomic mass is 9.95. The molecule has 0 spiro atoms. The van der Waals surface area contributed by atoms with Crippen molar-refractivity contribution in [2.24, 2.45) is 0 Å². The summed E-state index contributed by atoms with van der Waals surface area (Å²) in [4.78, 5) is 23.3. The number of benzene rings is 1. The number of nitrogens with two attached hydrogens (primary N) is 1. The van der Waals surface area contributed by atoms with Crippen molar-refractivity contribution in [1.82, 2.24) is 14.9 Å². The van der Waals surface area contributed by atoms with Gasteiger partial charge in [0.05, 0.1) is 43.6 Å². The third-order valence-electron chi connectivity index (χ3n) is 6.05. The molecule has 2 aliphatic heterocycles. The fourth-order valence-corrected chi connectivity index (χ4v) is 4.49. The molecule has 2 aliphatic rings. The molecule has 0 bridgehead atoms. The number of hydrogen-bond donors (Lipinski definition) is 1. The zero-order chi connectivity index (χ0) is 23.5. The van der Waals surface area contributed by atoms with Gasteiger partial charge in [0, 0.05) is 18.0 Å². The van der Waals surface area contributed by atoms with E-state index in [9.17, 15) is 18.0 Å². The first-order chi connectivity index (χ1) is 15.6. The molecule has 4 heterocycles. The molecular formula is C22H18ClF3N4O3. The minimum Gasteiger partial charge on any atom is -0.383 e. The Morgan fingerprint density at radius 1 is 1.15 bits per heavy atom. The van der Waals surface area contributed by atoms with Crippen molar-refractivity contribution < 1.29 is 27.4 Å². The number of pyridine rings is 2. The Hall–Kier alpha value is -2.95. The van der Waals surface area contributed by atoms with Gasteiger partial charge in [-0.3, -0.25) is 4.79 Å². The molecule has 172 valence electrons. The van der Waals surface area contributed by atoms with Crippen molar-refractivity contribution in [3.63, 3.8) is 0 Å². The maximum absolute atomic E-state index is 13.4. The second-order valence-corrected chi connectivity index (χ2v) is 8.36. The normalized spacial score (nSPS) is 17.7. The predicted molar refractivity (Wildman–Crippen MR) is 113 cm³/mol. The highest BCUT2D eigenvalue weighted by Gasteiger charge is 2.34. The summed E-state index contributed by atoms with van der Waals surface area (Å²) >= 11 is 6.33. The number of carbonyl (C=O) groups is 1. The van der Waals surface area contributed by atoms with E-state index >= 15 is 0 Å². The van der Waals surface area contributed by atoms with Crippen LogP contribution in [-0.2, 0) is 35.5 Å². The summed E-state index contributed by atoms with van der Waals surface area (Å²) in [5.74, 6) is -0.135. The van der Waals surface area contributed by atoms with Crippen molar-refractivity contribution >= 4 is 34.4 Å². The SMILES string of the molecule is CN(C(=O)c1cc2c3c(c(N)nc2nc1Cl)COC3)[C@@H]1COCc2cc(C(F)(F)F)ccc21. The third-order valence-corrected chi connectivity index (χ3v) is 6.34. The van der Waals surface area contributed by atoms with Crippen LogP contribution >= 0.6 is 11.6 Å². The molecule has 11 heteroatoms. The molecule has 7 nitrogen and oxygen atoms in total. The van der Waals surface area contributed by atoms with Crippen LogP contribution in [0.2, 0.25) is 5.15 Å². The molecule has 0 fully saturated rings. The standard InChI is InChI=1S/C22H18ClF3N4O3/c1-30(17-9-32-6-10-4-11(22(24,25)26)2-3-12(10)17)21(31)14-5-13-15-7-33-8-16(15)19(27)29-20(13)28-18(14)23/h2-5,17H,6-9H2,1H3,(H2,27,28,29)/t17-/m1/s1. The molecule has 2 N–H and O–H groups in total. The van der Waals surface area contributed by atoms with E-state index in [1.165, 1.54) is 11.0 Å². The topological polar surface area (TPSA) is 90.6 Å². The van der Waals surface area contributed by atoms with E-state index in [0.29, 0.717) is 41.2 Å². The number of aromatic nitrogens is 2. The molecule has 0 unspecified atom stereocenters. The van der Waals surface area contributed by atoms with E-state index in [-0.39, 0.29) is 23.9 Å². The second-order valence-electron chi connectivity index (χ2n) is 8.00. The van der Waals surface area contributed by atoms with E-state index in [1.54, 1.807) is 13.1 Å². The zero-order valence-corrected chi connectivity index (χ0v) is 18.1. The molecule has 1 amide bonds. The van der Waals surface area contributed by atoms with Gasteiger partial charge >= 0.3 is 6.18 Å². The molecule has 0 saturated carbocycles. The Balaban J connectivity index is 1.52. The van der Waals surface area contributed by atoms with Gasteiger partial charge in [-0.05, 0) is 34.9 Å². The number of likely N-dealkylation sites (N-methyl/N-ethyl adjacent to an activating group) is 1. The van der Waals surface area contributed by atoms with Crippen LogP contribution in [-0.4, -0.2) is 34.4 Å². The number of ether oxygens (including phenoxy) is 2. The lowest BCUT2D eigenvalue weighted by molar-refractivity contribution is -0.137. The van der Waals surface area contributed by atoms with E-state index in [1.807, 2.05) is 0 Å². The van der Waals surface area contributed by atoms with Crippen LogP contribution in [0.5, 0.6) is 0 Å². The van der Waals surface area contributed by atoms with Crippen LogP contribution < -0.4 is 5.73 Å². The third kappa shape index (κ3) is 3.68. The maximum Gasteiger partial charge on any atom is 0.416 e. The molecule has 33 heavy (non-hydrogen) atoms. The predicted octanol–water partition coefficient (Wildman–Crippen LogP) is 4.26. The molecular weight excluding hydrogens is 461 g/mol. The summed E-state index contributed by atoms with van der Waals surface area (Å²) in [6, 6.07) is 4.49. The molecule has 5 rings (SSSR count). The van der Waals surface area contributed by atoms with Gasteiger partial charge < -0.3 is 20.1 Å². The number of amides is 1. The Morgan fingerprint density at radius 2 is 1.91 bits per heavy atom. The van der Waals surface area contributed by atoms with Crippen LogP contribution in [0.25, 0.3) is 11.0 Å². The Labute approximate surface area is 191 Å². The smallest absolute Gasteiger partial charge is 0.383 e. The summed E-state index contributed by atoms with van der Waals surface area (Å²) < 4.78 is 50.3. The van der Waals surface area contributed by atoms with Crippen LogP contribution in [0.4, 0.5) is 19.0 Å². The van der Waals surface area contributed by atoms with Crippen LogP contribution in [0.15, 0.2) is 24.3 Å². The average molecular weight is 479 g/mol. The maximum atomic E-state index is 13.4. The number of fused-ring (bicyclic) bond motifs is 4. The molecule has 3 aromatic rings. The highest BCUT2D eigenvalue weighted by molar-refractivity contribution is 6.33. The summed E-state index contributed by atoms with van der Waals surface area (Å²) in [5, 5.41) is 0.572. The summed E-state index contributed by atoms with van der Waals surface area (Å²) in [6.07, 6.45) is -4.46. The van der Waals surface area contributed by atoms with Gasteiger partial charge in [0.1, 0.15) is 11.0 Å². The van der Waals surface area contributed by atoms with Crippen LogP contribution in [0.3, 0.4) is 0 Å². The van der Waals surface area contributed by atoms with Gasteiger partial charge in [-0.1, -0.05) is 17.7 Å². The highest BCUT2D eigenvalue weighted by Crippen LogP contribution is 2.37. The molecule has 2 aromatic heterocycles. The van der Waals surface area contributed by atoms with E-state index in [2.05, 4.69) is 9.97 Å². The lowest BCUT2D eigenvalue weighted by Gasteiger charge is -2.33. The quantitative estimate of drug-likeness (QED) is 0.553. The van der Waals surface area contributed by atoms with Crippen molar-refractivity contribution in [2.75, 3.05) is 19.4 Å². The highest BCUT2D eigenvalue weighted by atomic mass is 35.5. The van der Waals surface area contributed by atoms with E-state index < -0.39 is 23.7 Å². The van der Waals surface area contributed by atoms with Crippen molar-refractivity contribution in [2.45, 2.75) is 32.0 Å². The number of alkyl halides is 3. The first-order valence-electron chi connectivity index (χ1n) is 10.0. The Bertz CT molecular complexity index is 1300. The molecule has 0 saturated heterocycles. The van der Waals surface area contributed by atoms with Crippen LogP contribution in [0.1, 0.15) is 44.2 Å². The zero-order valence-electron chi connectivity index (χ0n) is 17.4. The van der Waals surface area contributed by atoms with E-state index in [0.717, 1.165) is 23.3 Å². The van der Waals surface area contributed by atoms with Gasteiger partial charge in [0.15, 0.2) is 5.65 Å². The number of carbonyl (C=O) groups excluding carboxylic acids is 1. The fourth-order valence-electron chi connectivity index (χ4n) is 4.27. The molecule has 1 aromatic carbocycles. The largest absolute Gasteiger partial charge is 0.416 e. The van der Waals surface area contributed by atoms with Gasteiger partial charge in [-0.25, -0.2) is 9.97 Å². The minimum absolute atomic E-state index is 0.0370. The number of nitrogen functional groups attached to an aromatic ring is 1.